The summed E-state index contributed by atoms with van der Waals surface area (Å²) in [4.78, 5) is 15.6. The Hall–Kier alpha value is -2.30. The Kier molecular flexibility index (Phi) is 8.59. The van der Waals surface area contributed by atoms with Gasteiger partial charge in [0.05, 0.1) is 12.9 Å². The molecule has 0 spiro atoms. The van der Waals surface area contributed by atoms with E-state index in [0.29, 0.717) is 13.0 Å². The molecule has 5 heteroatoms. The summed E-state index contributed by atoms with van der Waals surface area (Å²) < 4.78 is 7.72. The van der Waals surface area contributed by atoms with Gasteiger partial charge in [0.2, 0.25) is 5.91 Å². The number of benzene rings is 1. The largest absolute Gasteiger partial charge is 0.494 e. The van der Waals surface area contributed by atoms with Crippen LogP contribution >= 0.6 is 0 Å². The summed E-state index contributed by atoms with van der Waals surface area (Å²) >= 11 is 0. The van der Waals surface area contributed by atoms with Crippen molar-refractivity contribution < 1.29 is 9.53 Å². The summed E-state index contributed by atoms with van der Waals surface area (Å²) in [5, 5.41) is 2.98. The van der Waals surface area contributed by atoms with E-state index in [2.05, 4.69) is 17.2 Å². The molecule has 1 aromatic carbocycles. The smallest absolute Gasteiger partial charge is 0.219 e. The fourth-order valence-corrected chi connectivity index (χ4v) is 2.57. The molecular formula is C20H29N3O2. The maximum atomic E-state index is 11.6. The SMILES string of the molecule is CCCCCC(=O)NCCCCCOc1ccc(-n2ccnc2)cc1. The first kappa shape index (κ1) is 19.0. The average molecular weight is 343 g/mol. The Labute approximate surface area is 150 Å². The third-order valence-electron chi connectivity index (χ3n) is 4.06. The van der Waals surface area contributed by atoms with Crippen molar-refractivity contribution >= 4 is 5.91 Å². The molecular weight excluding hydrogens is 314 g/mol. The number of nitrogens with one attached hydrogen (secondary N) is 1. The van der Waals surface area contributed by atoms with Gasteiger partial charge >= 0.3 is 0 Å². The van der Waals surface area contributed by atoms with Crippen molar-refractivity contribution in [2.45, 2.75) is 51.9 Å². The summed E-state index contributed by atoms with van der Waals surface area (Å²) in [6.45, 7) is 3.62. The van der Waals surface area contributed by atoms with Gasteiger partial charge in [-0.2, -0.15) is 0 Å². The molecule has 0 atom stereocenters. The van der Waals surface area contributed by atoms with Crippen LogP contribution in [-0.4, -0.2) is 28.6 Å². The van der Waals surface area contributed by atoms with Gasteiger partial charge < -0.3 is 14.6 Å². The molecule has 0 saturated heterocycles. The molecule has 1 aromatic heterocycles. The maximum absolute atomic E-state index is 11.6. The lowest BCUT2D eigenvalue weighted by Crippen LogP contribution is -2.24. The molecule has 0 bridgehead atoms. The lowest BCUT2D eigenvalue weighted by molar-refractivity contribution is -0.121. The van der Waals surface area contributed by atoms with E-state index in [-0.39, 0.29) is 5.91 Å². The van der Waals surface area contributed by atoms with Crippen molar-refractivity contribution in [2.75, 3.05) is 13.2 Å². The highest BCUT2D eigenvalue weighted by Crippen LogP contribution is 2.15. The monoisotopic (exact) mass is 343 g/mol. The van der Waals surface area contributed by atoms with Crippen LogP contribution in [0.1, 0.15) is 51.9 Å². The first-order chi connectivity index (χ1) is 12.3. The molecule has 0 aliphatic carbocycles. The van der Waals surface area contributed by atoms with Gasteiger partial charge in [-0.3, -0.25) is 4.79 Å². The van der Waals surface area contributed by atoms with Crippen LogP contribution < -0.4 is 10.1 Å². The molecule has 0 aliphatic heterocycles. The molecule has 2 rings (SSSR count). The quantitative estimate of drug-likeness (QED) is 0.590. The Bertz CT molecular complexity index is 594. The van der Waals surface area contributed by atoms with E-state index >= 15 is 0 Å². The Morgan fingerprint density at radius 3 is 2.68 bits per heavy atom. The molecule has 0 radical (unpaired) electrons. The fourth-order valence-electron chi connectivity index (χ4n) is 2.57. The highest BCUT2D eigenvalue weighted by atomic mass is 16.5. The number of aromatic nitrogens is 2. The average Bonchev–Trinajstić information content (AvgIpc) is 3.16. The second kappa shape index (κ2) is 11.3. The van der Waals surface area contributed by atoms with Crippen LogP contribution in [0.3, 0.4) is 0 Å². The van der Waals surface area contributed by atoms with Crippen LogP contribution in [0.25, 0.3) is 5.69 Å². The number of imidazole rings is 1. The minimum absolute atomic E-state index is 0.183. The van der Waals surface area contributed by atoms with E-state index in [4.69, 9.17) is 4.74 Å². The van der Waals surface area contributed by atoms with Crippen molar-refractivity contribution in [3.8, 4) is 11.4 Å². The predicted octanol–water partition coefficient (Wildman–Crippen LogP) is 4.12. The molecule has 0 unspecified atom stereocenters. The number of unbranched alkanes of at least 4 members (excludes halogenated alkanes) is 4. The number of hydrogen-bond acceptors (Lipinski definition) is 3. The number of carbonyl (C=O) groups excluding carboxylic acids is 1. The van der Waals surface area contributed by atoms with Crippen molar-refractivity contribution in [1.29, 1.82) is 0 Å². The summed E-state index contributed by atoms with van der Waals surface area (Å²) in [5.74, 6) is 1.07. The van der Waals surface area contributed by atoms with Crippen molar-refractivity contribution in [3.63, 3.8) is 0 Å². The molecule has 0 fully saturated rings. The van der Waals surface area contributed by atoms with Gasteiger partial charge in [0, 0.05) is 31.0 Å². The van der Waals surface area contributed by atoms with E-state index in [0.717, 1.165) is 56.5 Å². The van der Waals surface area contributed by atoms with Gasteiger partial charge in [0.1, 0.15) is 5.75 Å². The number of rotatable bonds is 12. The topological polar surface area (TPSA) is 56.1 Å². The van der Waals surface area contributed by atoms with E-state index in [1.54, 1.807) is 12.5 Å². The van der Waals surface area contributed by atoms with Crippen LogP contribution in [0, 0.1) is 0 Å². The van der Waals surface area contributed by atoms with E-state index in [1.807, 2.05) is 35.0 Å². The zero-order valence-corrected chi connectivity index (χ0v) is 15.1. The molecule has 5 nitrogen and oxygen atoms in total. The van der Waals surface area contributed by atoms with Gasteiger partial charge in [-0.05, 0) is 49.9 Å². The Balaban J connectivity index is 1.51. The van der Waals surface area contributed by atoms with E-state index in [9.17, 15) is 4.79 Å². The predicted molar refractivity (Wildman–Crippen MR) is 100 cm³/mol. The second-order valence-corrected chi connectivity index (χ2v) is 6.18. The Morgan fingerprint density at radius 1 is 1.12 bits per heavy atom. The first-order valence-corrected chi connectivity index (χ1v) is 9.27. The minimum Gasteiger partial charge on any atom is -0.494 e. The maximum Gasteiger partial charge on any atom is 0.219 e. The summed E-state index contributed by atoms with van der Waals surface area (Å²) in [6.07, 6.45) is 12.4. The third kappa shape index (κ3) is 7.42. The number of carbonyl (C=O) groups is 1. The summed E-state index contributed by atoms with van der Waals surface area (Å²) in [7, 11) is 0. The summed E-state index contributed by atoms with van der Waals surface area (Å²) in [6, 6.07) is 7.99. The fraction of sp³-hybridized carbons (Fsp3) is 0.500. The molecule has 1 N–H and O–H groups in total. The molecule has 25 heavy (non-hydrogen) atoms. The molecule has 0 aliphatic rings. The van der Waals surface area contributed by atoms with E-state index in [1.165, 1.54) is 0 Å². The molecule has 2 aromatic rings. The second-order valence-electron chi connectivity index (χ2n) is 6.18. The minimum atomic E-state index is 0.183. The van der Waals surface area contributed by atoms with Crippen molar-refractivity contribution in [2.24, 2.45) is 0 Å². The highest BCUT2D eigenvalue weighted by molar-refractivity contribution is 5.75. The van der Waals surface area contributed by atoms with Gasteiger partial charge in [-0.25, -0.2) is 4.98 Å². The van der Waals surface area contributed by atoms with Crippen LogP contribution in [0.15, 0.2) is 43.0 Å². The van der Waals surface area contributed by atoms with Crippen LogP contribution in [0.4, 0.5) is 0 Å². The van der Waals surface area contributed by atoms with Crippen LogP contribution in [-0.2, 0) is 4.79 Å². The molecule has 136 valence electrons. The molecule has 0 saturated carbocycles. The zero-order valence-electron chi connectivity index (χ0n) is 15.1. The van der Waals surface area contributed by atoms with Crippen LogP contribution in [0.2, 0.25) is 0 Å². The molecule has 1 amide bonds. The Morgan fingerprint density at radius 2 is 1.96 bits per heavy atom. The number of nitrogens with zero attached hydrogens (tertiary/aromatic N) is 2. The number of ether oxygens (including phenoxy) is 1. The van der Waals surface area contributed by atoms with Gasteiger partial charge in [-0.1, -0.05) is 19.8 Å². The highest BCUT2D eigenvalue weighted by Gasteiger charge is 2.00. The van der Waals surface area contributed by atoms with Gasteiger partial charge in [0.15, 0.2) is 0 Å². The van der Waals surface area contributed by atoms with Crippen molar-refractivity contribution in [3.05, 3.63) is 43.0 Å². The standard InChI is InChI=1S/C20H29N3O2/c1-2-3-5-8-20(24)22-13-6-4-7-16-25-19-11-9-18(10-12-19)23-15-14-21-17-23/h9-12,14-15,17H,2-8,13,16H2,1H3,(H,22,24). The molecule has 1 heterocycles. The zero-order chi connectivity index (χ0) is 17.7. The van der Waals surface area contributed by atoms with Gasteiger partial charge in [0.25, 0.3) is 0 Å². The number of amides is 1. The summed E-state index contributed by atoms with van der Waals surface area (Å²) in [5.41, 5.74) is 1.07. The van der Waals surface area contributed by atoms with Crippen molar-refractivity contribution in [1.82, 2.24) is 14.9 Å². The van der Waals surface area contributed by atoms with Crippen LogP contribution in [0.5, 0.6) is 5.75 Å². The third-order valence-corrected chi connectivity index (χ3v) is 4.06. The van der Waals surface area contributed by atoms with Gasteiger partial charge in [-0.15, -0.1) is 0 Å². The first-order valence-electron chi connectivity index (χ1n) is 9.27. The normalized spacial score (nSPS) is 10.6. The lowest BCUT2D eigenvalue weighted by Gasteiger charge is -2.08. The lowest BCUT2D eigenvalue weighted by atomic mass is 10.2. The number of hydrogen-bond donors (Lipinski definition) is 1. The van der Waals surface area contributed by atoms with E-state index < -0.39 is 0 Å².